The van der Waals surface area contributed by atoms with Gasteiger partial charge in [0.1, 0.15) is 0 Å². The van der Waals surface area contributed by atoms with Gasteiger partial charge in [-0.15, -0.1) is 0 Å². The number of allylic oxidation sites excluding steroid dienone is 5. The Bertz CT molecular complexity index is 1730. The van der Waals surface area contributed by atoms with E-state index in [1.807, 2.05) is 49.8 Å². The molecule has 0 fully saturated rings. The van der Waals surface area contributed by atoms with Gasteiger partial charge in [-0.05, 0) is 60.8 Å². The number of hydrogen-bond acceptors (Lipinski definition) is 5. The van der Waals surface area contributed by atoms with Gasteiger partial charge >= 0.3 is 0 Å². The Balaban J connectivity index is 1.51. The molecular formula is C32H33N7. The number of aromatic amines is 2. The molecule has 3 N–H and O–H groups in total. The van der Waals surface area contributed by atoms with Crippen LogP contribution in [0.5, 0.6) is 0 Å². The lowest BCUT2D eigenvalue weighted by Crippen LogP contribution is -2.16. The van der Waals surface area contributed by atoms with Crippen molar-refractivity contribution in [2.45, 2.75) is 34.1 Å². The van der Waals surface area contributed by atoms with Crippen LogP contribution in [0.3, 0.4) is 0 Å². The monoisotopic (exact) mass is 515 g/mol. The van der Waals surface area contributed by atoms with Crippen LogP contribution in [-0.2, 0) is 0 Å². The Morgan fingerprint density at radius 2 is 1.92 bits per heavy atom. The van der Waals surface area contributed by atoms with Crippen molar-refractivity contribution in [3.63, 3.8) is 0 Å². The van der Waals surface area contributed by atoms with E-state index in [1.165, 1.54) is 0 Å². The van der Waals surface area contributed by atoms with Crippen molar-refractivity contribution in [1.82, 2.24) is 35.5 Å². The van der Waals surface area contributed by atoms with Gasteiger partial charge < -0.3 is 10.3 Å². The minimum atomic E-state index is 0.142. The molecule has 0 bridgehead atoms. The molecule has 0 atom stereocenters. The highest BCUT2D eigenvalue weighted by Gasteiger charge is 2.16. The zero-order valence-electron chi connectivity index (χ0n) is 22.8. The lowest BCUT2D eigenvalue weighted by Gasteiger charge is -2.21. The smallest absolute Gasteiger partial charge is 0.181 e. The average molecular weight is 516 g/mol. The standard InChI is InChI=1S/C32H33N7/c1-7-21(13-23(8-2)36-20(3)16-32(4,5)6)22-14-25-30(38-39-31(25)35-17-22)28-15-24-26(18-33-19-29(24)37-28)27-11-9-10-12-34-27/h7-15,17-19,36-37H,2-3,16H2,1,4-6H3,(H,35,38,39)/b21-7+,23-13+. The highest BCUT2D eigenvalue weighted by molar-refractivity contribution is 6.00. The van der Waals surface area contributed by atoms with Crippen LogP contribution < -0.4 is 5.32 Å². The fraction of sp³-hybridized carbons (Fsp3) is 0.188. The highest BCUT2D eigenvalue weighted by atomic mass is 15.2. The van der Waals surface area contributed by atoms with Gasteiger partial charge in [0.15, 0.2) is 5.65 Å². The van der Waals surface area contributed by atoms with E-state index in [4.69, 9.17) is 0 Å². The first-order valence-electron chi connectivity index (χ1n) is 12.9. The number of nitrogens with one attached hydrogen (secondary N) is 3. The molecule has 5 aromatic heterocycles. The molecule has 5 heterocycles. The fourth-order valence-corrected chi connectivity index (χ4v) is 4.71. The van der Waals surface area contributed by atoms with Crippen molar-refractivity contribution in [2.75, 3.05) is 0 Å². The number of H-pyrrole nitrogens is 2. The summed E-state index contributed by atoms with van der Waals surface area (Å²) in [4.78, 5) is 17.1. The largest absolute Gasteiger partial charge is 0.359 e. The van der Waals surface area contributed by atoms with E-state index in [0.717, 1.165) is 67.9 Å². The number of pyridine rings is 3. The maximum atomic E-state index is 4.65. The summed E-state index contributed by atoms with van der Waals surface area (Å²) in [6, 6.07) is 10.1. The van der Waals surface area contributed by atoms with E-state index in [9.17, 15) is 0 Å². The van der Waals surface area contributed by atoms with Crippen LogP contribution >= 0.6 is 0 Å². The molecule has 7 heteroatoms. The molecule has 0 aliphatic rings. The van der Waals surface area contributed by atoms with Gasteiger partial charge in [-0.1, -0.05) is 46.1 Å². The molecule has 39 heavy (non-hydrogen) atoms. The third-order valence-electron chi connectivity index (χ3n) is 6.41. The number of nitrogens with zero attached hydrogens (tertiary/aromatic N) is 4. The minimum Gasteiger partial charge on any atom is -0.359 e. The van der Waals surface area contributed by atoms with Gasteiger partial charge in [0.25, 0.3) is 0 Å². The third-order valence-corrected chi connectivity index (χ3v) is 6.41. The van der Waals surface area contributed by atoms with Crippen LogP contribution in [0.4, 0.5) is 0 Å². The number of fused-ring (bicyclic) bond motifs is 2. The lowest BCUT2D eigenvalue weighted by molar-refractivity contribution is 0.403. The molecule has 0 aliphatic carbocycles. The molecular weight excluding hydrogens is 482 g/mol. The van der Waals surface area contributed by atoms with Crippen LogP contribution in [0.2, 0.25) is 0 Å². The second-order valence-electron chi connectivity index (χ2n) is 10.8. The van der Waals surface area contributed by atoms with E-state index < -0.39 is 0 Å². The number of aromatic nitrogens is 6. The first-order valence-corrected chi connectivity index (χ1v) is 12.9. The quantitative estimate of drug-likeness (QED) is 0.185. The van der Waals surface area contributed by atoms with E-state index >= 15 is 0 Å². The summed E-state index contributed by atoms with van der Waals surface area (Å²) in [5.74, 6) is 0. The van der Waals surface area contributed by atoms with Crippen LogP contribution in [0.15, 0.2) is 97.9 Å². The van der Waals surface area contributed by atoms with E-state index in [1.54, 1.807) is 6.20 Å². The van der Waals surface area contributed by atoms with Crippen LogP contribution in [-0.4, -0.2) is 30.1 Å². The van der Waals surface area contributed by atoms with Gasteiger partial charge in [-0.3, -0.25) is 15.1 Å². The van der Waals surface area contributed by atoms with Crippen molar-refractivity contribution in [1.29, 1.82) is 0 Å². The van der Waals surface area contributed by atoms with Gasteiger partial charge in [0.2, 0.25) is 0 Å². The SMILES string of the molecule is C=C/C(=C\C(=C/C)c1cnc2n[nH]c(-c3cc4c(-c5ccccn5)cncc4[nH]3)c2c1)NC(=C)CC(C)(C)C. The number of hydrogen-bond donors (Lipinski definition) is 3. The van der Waals surface area contributed by atoms with Crippen LogP contribution in [0.25, 0.3) is 50.2 Å². The highest BCUT2D eigenvalue weighted by Crippen LogP contribution is 2.33. The minimum absolute atomic E-state index is 0.142. The summed E-state index contributed by atoms with van der Waals surface area (Å²) in [5, 5.41) is 13.0. The van der Waals surface area contributed by atoms with Gasteiger partial charge in [-0.2, -0.15) is 5.10 Å². The third kappa shape index (κ3) is 5.57. The molecule has 0 aliphatic heterocycles. The van der Waals surface area contributed by atoms with E-state index in [0.29, 0.717) is 5.65 Å². The Hall–Kier alpha value is -4.78. The fourth-order valence-electron chi connectivity index (χ4n) is 4.71. The summed E-state index contributed by atoms with van der Waals surface area (Å²) < 4.78 is 0. The normalized spacial score (nSPS) is 12.7. The van der Waals surface area contributed by atoms with Gasteiger partial charge in [0.05, 0.1) is 28.8 Å². The molecule has 0 unspecified atom stereocenters. The summed E-state index contributed by atoms with van der Waals surface area (Å²) in [7, 11) is 0. The van der Waals surface area contributed by atoms with Crippen molar-refractivity contribution in [3.8, 4) is 22.6 Å². The van der Waals surface area contributed by atoms with Crippen LogP contribution in [0.1, 0.15) is 39.7 Å². The lowest BCUT2D eigenvalue weighted by atomic mass is 9.91. The maximum absolute atomic E-state index is 4.65. The molecule has 0 amide bonds. The zero-order chi connectivity index (χ0) is 27.6. The van der Waals surface area contributed by atoms with Crippen molar-refractivity contribution < 1.29 is 0 Å². The van der Waals surface area contributed by atoms with Gasteiger partial charge in [0, 0.05) is 51.9 Å². The predicted molar refractivity (Wildman–Crippen MR) is 160 cm³/mol. The molecule has 5 aromatic rings. The molecule has 0 spiro atoms. The molecule has 0 saturated heterocycles. The molecule has 196 valence electrons. The molecule has 0 aromatic carbocycles. The number of rotatable bonds is 8. The first kappa shape index (κ1) is 25.9. The Labute approximate surface area is 228 Å². The zero-order valence-corrected chi connectivity index (χ0v) is 22.8. The predicted octanol–water partition coefficient (Wildman–Crippen LogP) is 7.58. The first-order chi connectivity index (χ1) is 18.8. The van der Waals surface area contributed by atoms with E-state index in [-0.39, 0.29) is 5.41 Å². The molecule has 0 saturated carbocycles. The van der Waals surface area contributed by atoms with Crippen molar-refractivity contribution >= 4 is 27.5 Å². The molecule has 7 nitrogen and oxygen atoms in total. The summed E-state index contributed by atoms with van der Waals surface area (Å²) in [6.45, 7) is 16.8. The van der Waals surface area contributed by atoms with Gasteiger partial charge in [-0.25, -0.2) is 4.98 Å². The average Bonchev–Trinajstić information content (AvgIpc) is 3.54. The summed E-state index contributed by atoms with van der Waals surface area (Å²) in [6.07, 6.45) is 14.1. The molecule has 0 radical (unpaired) electrons. The summed E-state index contributed by atoms with van der Waals surface area (Å²) in [5.41, 5.74) is 9.15. The Kier molecular flexibility index (Phi) is 6.98. The van der Waals surface area contributed by atoms with Crippen molar-refractivity contribution in [2.24, 2.45) is 5.41 Å². The Morgan fingerprint density at radius 3 is 2.64 bits per heavy atom. The maximum Gasteiger partial charge on any atom is 0.181 e. The van der Waals surface area contributed by atoms with E-state index in [2.05, 4.69) is 93.7 Å². The second kappa shape index (κ2) is 10.5. The summed E-state index contributed by atoms with van der Waals surface area (Å²) >= 11 is 0. The van der Waals surface area contributed by atoms with Crippen LogP contribution in [0, 0.1) is 5.41 Å². The molecule has 5 rings (SSSR count). The topological polar surface area (TPSA) is 95.2 Å². The van der Waals surface area contributed by atoms with Crippen molar-refractivity contribution in [3.05, 3.63) is 103 Å². The second-order valence-corrected chi connectivity index (χ2v) is 10.8. The Morgan fingerprint density at radius 1 is 1.08 bits per heavy atom.